The molecule has 1 aliphatic heterocycles. The van der Waals surface area contributed by atoms with Crippen LogP contribution in [0.25, 0.3) is 0 Å². The molecule has 25 heavy (non-hydrogen) atoms. The lowest BCUT2D eigenvalue weighted by Gasteiger charge is -2.34. The van der Waals surface area contributed by atoms with E-state index >= 15 is 0 Å². The van der Waals surface area contributed by atoms with E-state index in [1.54, 1.807) is 17.0 Å². The standard InChI is InChI=1S/C19H28N2O4/c1-4-24-18-8-7-16(25-18)19(23)20-10-9-17(22)21(11-14-5-6-14)15(12-20)13(2)3/h7-8,13-15H,4-6,9-12H2,1-3H3. The number of nitrogens with zero attached hydrogens (tertiary/aromatic N) is 2. The molecule has 3 rings (SSSR count). The van der Waals surface area contributed by atoms with Crippen molar-refractivity contribution in [2.24, 2.45) is 11.8 Å². The highest BCUT2D eigenvalue weighted by Gasteiger charge is 2.37. The minimum Gasteiger partial charge on any atom is -0.465 e. The Bertz CT molecular complexity index is 621. The lowest BCUT2D eigenvalue weighted by atomic mass is 10.0. The highest BCUT2D eigenvalue weighted by atomic mass is 16.6. The van der Waals surface area contributed by atoms with E-state index in [9.17, 15) is 9.59 Å². The molecule has 0 bridgehead atoms. The van der Waals surface area contributed by atoms with E-state index in [0.29, 0.717) is 43.9 Å². The van der Waals surface area contributed by atoms with E-state index < -0.39 is 0 Å². The fourth-order valence-electron chi connectivity index (χ4n) is 3.36. The van der Waals surface area contributed by atoms with Crippen LogP contribution in [-0.4, -0.2) is 53.9 Å². The third kappa shape index (κ3) is 4.17. The summed E-state index contributed by atoms with van der Waals surface area (Å²) in [4.78, 5) is 29.2. The summed E-state index contributed by atoms with van der Waals surface area (Å²) in [5.74, 6) is 1.56. The Morgan fingerprint density at radius 2 is 2.12 bits per heavy atom. The minimum atomic E-state index is -0.169. The van der Waals surface area contributed by atoms with Crippen LogP contribution in [0.1, 0.15) is 50.6 Å². The normalized spacial score (nSPS) is 21.6. The van der Waals surface area contributed by atoms with Gasteiger partial charge in [0.2, 0.25) is 5.91 Å². The number of furan rings is 1. The number of rotatable bonds is 6. The van der Waals surface area contributed by atoms with E-state index in [0.717, 1.165) is 6.54 Å². The molecule has 1 aromatic heterocycles. The van der Waals surface area contributed by atoms with E-state index in [4.69, 9.17) is 9.15 Å². The number of carbonyl (C=O) groups is 2. The second kappa shape index (κ2) is 7.50. The van der Waals surface area contributed by atoms with Gasteiger partial charge in [-0.1, -0.05) is 13.8 Å². The zero-order chi connectivity index (χ0) is 18.0. The summed E-state index contributed by atoms with van der Waals surface area (Å²) in [7, 11) is 0. The van der Waals surface area contributed by atoms with Crippen LogP contribution in [-0.2, 0) is 4.79 Å². The molecule has 0 N–H and O–H groups in total. The van der Waals surface area contributed by atoms with Crippen molar-refractivity contribution in [3.63, 3.8) is 0 Å². The predicted octanol–water partition coefficient (Wildman–Crippen LogP) is 2.79. The molecule has 1 aromatic rings. The number of amides is 2. The molecule has 1 saturated heterocycles. The van der Waals surface area contributed by atoms with Crippen LogP contribution >= 0.6 is 0 Å². The van der Waals surface area contributed by atoms with Gasteiger partial charge in [0.05, 0.1) is 12.6 Å². The topological polar surface area (TPSA) is 63.0 Å². The largest absolute Gasteiger partial charge is 0.465 e. The molecule has 138 valence electrons. The van der Waals surface area contributed by atoms with E-state index in [2.05, 4.69) is 13.8 Å². The first-order valence-electron chi connectivity index (χ1n) is 9.31. The van der Waals surface area contributed by atoms with Crippen molar-refractivity contribution in [1.82, 2.24) is 9.80 Å². The number of hydrogen-bond acceptors (Lipinski definition) is 4. The van der Waals surface area contributed by atoms with Crippen LogP contribution in [0, 0.1) is 11.8 Å². The van der Waals surface area contributed by atoms with Crippen LogP contribution in [0.2, 0.25) is 0 Å². The van der Waals surface area contributed by atoms with Gasteiger partial charge in [0, 0.05) is 32.1 Å². The molecule has 6 nitrogen and oxygen atoms in total. The van der Waals surface area contributed by atoms with Gasteiger partial charge in [0.15, 0.2) is 5.76 Å². The minimum absolute atomic E-state index is 0.0564. The smallest absolute Gasteiger partial charge is 0.289 e. The molecule has 1 atom stereocenters. The van der Waals surface area contributed by atoms with Crippen molar-refractivity contribution in [3.05, 3.63) is 17.9 Å². The van der Waals surface area contributed by atoms with Gasteiger partial charge in [-0.05, 0) is 37.7 Å². The molecule has 1 unspecified atom stereocenters. The highest BCUT2D eigenvalue weighted by Crippen LogP contribution is 2.32. The predicted molar refractivity (Wildman–Crippen MR) is 93.5 cm³/mol. The van der Waals surface area contributed by atoms with Crippen molar-refractivity contribution < 1.29 is 18.7 Å². The van der Waals surface area contributed by atoms with Crippen molar-refractivity contribution >= 4 is 11.8 Å². The summed E-state index contributed by atoms with van der Waals surface area (Å²) in [6.07, 6.45) is 2.80. The average Bonchev–Trinajstić information content (AvgIpc) is 3.31. The monoisotopic (exact) mass is 348 g/mol. The van der Waals surface area contributed by atoms with Gasteiger partial charge in [-0.2, -0.15) is 0 Å². The molecule has 2 heterocycles. The Labute approximate surface area is 149 Å². The molecule has 0 aromatic carbocycles. The van der Waals surface area contributed by atoms with Gasteiger partial charge in [-0.25, -0.2) is 0 Å². The Balaban J connectivity index is 1.74. The third-order valence-corrected chi connectivity index (χ3v) is 5.01. The molecular weight excluding hydrogens is 320 g/mol. The average molecular weight is 348 g/mol. The Hall–Kier alpha value is -1.98. The fourth-order valence-corrected chi connectivity index (χ4v) is 3.36. The first kappa shape index (κ1) is 17.8. The maximum atomic E-state index is 12.8. The number of carbonyl (C=O) groups excluding carboxylic acids is 2. The Kier molecular flexibility index (Phi) is 5.35. The van der Waals surface area contributed by atoms with Gasteiger partial charge >= 0.3 is 0 Å². The van der Waals surface area contributed by atoms with Crippen molar-refractivity contribution in [2.45, 2.75) is 46.1 Å². The van der Waals surface area contributed by atoms with Crippen molar-refractivity contribution in [1.29, 1.82) is 0 Å². The highest BCUT2D eigenvalue weighted by molar-refractivity contribution is 5.92. The molecule has 0 spiro atoms. The van der Waals surface area contributed by atoms with Crippen LogP contribution in [0.15, 0.2) is 16.5 Å². The second-order valence-corrected chi connectivity index (χ2v) is 7.35. The molecule has 0 radical (unpaired) electrons. The summed E-state index contributed by atoms with van der Waals surface area (Å²) >= 11 is 0. The van der Waals surface area contributed by atoms with Gasteiger partial charge in [0.25, 0.3) is 11.9 Å². The summed E-state index contributed by atoms with van der Waals surface area (Å²) in [6.45, 7) is 8.42. The van der Waals surface area contributed by atoms with E-state index in [1.165, 1.54) is 12.8 Å². The van der Waals surface area contributed by atoms with Gasteiger partial charge in [0.1, 0.15) is 0 Å². The quantitative estimate of drug-likeness (QED) is 0.793. The van der Waals surface area contributed by atoms with Gasteiger partial charge < -0.3 is 19.0 Å². The molecular formula is C19H28N2O4. The molecule has 6 heteroatoms. The molecule has 2 fully saturated rings. The molecule has 1 saturated carbocycles. The van der Waals surface area contributed by atoms with Crippen LogP contribution < -0.4 is 4.74 Å². The maximum absolute atomic E-state index is 12.8. The van der Waals surface area contributed by atoms with E-state index in [-0.39, 0.29) is 23.6 Å². The zero-order valence-corrected chi connectivity index (χ0v) is 15.4. The Morgan fingerprint density at radius 3 is 2.76 bits per heavy atom. The second-order valence-electron chi connectivity index (χ2n) is 7.35. The third-order valence-electron chi connectivity index (χ3n) is 5.01. The van der Waals surface area contributed by atoms with Gasteiger partial charge in [-0.15, -0.1) is 0 Å². The van der Waals surface area contributed by atoms with Crippen LogP contribution in [0.5, 0.6) is 5.95 Å². The van der Waals surface area contributed by atoms with E-state index in [1.807, 2.05) is 11.8 Å². The number of ether oxygens (including phenoxy) is 1. The summed E-state index contributed by atoms with van der Waals surface area (Å²) in [6, 6.07) is 3.37. The fraction of sp³-hybridized carbons (Fsp3) is 0.684. The summed E-state index contributed by atoms with van der Waals surface area (Å²) < 4.78 is 10.8. The molecule has 2 aliphatic rings. The SMILES string of the molecule is CCOc1ccc(C(=O)N2CCC(=O)N(CC3CC3)C(C(C)C)C2)o1. The summed E-state index contributed by atoms with van der Waals surface area (Å²) in [5.41, 5.74) is 0. The number of hydrogen-bond donors (Lipinski definition) is 0. The van der Waals surface area contributed by atoms with Crippen LogP contribution in [0.3, 0.4) is 0 Å². The summed E-state index contributed by atoms with van der Waals surface area (Å²) in [5, 5.41) is 0. The maximum Gasteiger partial charge on any atom is 0.289 e. The Morgan fingerprint density at radius 1 is 1.36 bits per heavy atom. The van der Waals surface area contributed by atoms with Crippen molar-refractivity contribution in [2.75, 3.05) is 26.2 Å². The lowest BCUT2D eigenvalue weighted by Crippen LogP contribution is -2.48. The first-order valence-corrected chi connectivity index (χ1v) is 9.31. The zero-order valence-electron chi connectivity index (χ0n) is 15.4. The first-order chi connectivity index (χ1) is 12.0. The van der Waals surface area contributed by atoms with Crippen LogP contribution in [0.4, 0.5) is 0 Å². The van der Waals surface area contributed by atoms with Gasteiger partial charge in [-0.3, -0.25) is 9.59 Å². The van der Waals surface area contributed by atoms with Crippen molar-refractivity contribution in [3.8, 4) is 5.95 Å². The molecule has 2 amide bonds. The lowest BCUT2D eigenvalue weighted by molar-refractivity contribution is -0.133. The molecule has 1 aliphatic carbocycles.